The van der Waals surface area contributed by atoms with Gasteiger partial charge in [0.05, 0.1) is 6.61 Å². The first kappa shape index (κ1) is 20.9. The van der Waals surface area contributed by atoms with Crippen molar-refractivity contribution in [3.05, 3.63) is 96.3 Å². The largest absolute Gasteiger partial charge is 0.494 e. The second-order valence-electron chi connectivity index (χ2n) is 6.95. The molecule has 0 saturated heterocycles. The Hall–Kier alpha value is -4.32. The van der Waals surface area contributed by atoms with Crippen molar-refractivity contribution in [1.82, 2.24) is 0 Å². The third-order valence-electron chi connectivity index (χ3n) is 4.70. The van der Waals surface area contributed by atoms with Gasteiger partial charge < -0.3 is 19.8 Å². The van der Waals surface area contributed by atoms with Gasteiger partial charge in [-0.05, 0) is 55.0 Å². The number of rotatable bonds is 7. The summed E-state index contributed by atoms with van der Waals surface area (Å²) in [6.07, 6.45) is 3.13. The number of furan rings is 1. The van der Waals surface area contributed by atoms with Gasteiger partial charge in [-0.2, -0.15) is 0 Å². The van der Waals surface area contributed by atoms with Crippen LogP contribution in [-0.4, -0.2) is 18.4 Å². The van der Waals surface area contributed by atoms with Gasteiger partial charge in [-0.15, -0.1) is 0 Å². The van der Waals surface area contributed by atoms with E-state index in [1.165, 1.54) is 6.08 Å². The van der Waals surface area contributed by atoms with Crippen molar-refractivity contribution in [3.8, 4) is 5.75 Å². The minimum atomic E-state index is -0.465. The van der Waals surface area contributed by atoms with Crippen LogP contribution in [0.3, 0.4) is 0 Å². The van der Waals surface area contributed by atoms with E-state index in [2.05, 4.69) is 10.6 Å². The molecule has 6 nitrogen and oxygen atoms in total. The summed E-state index contributed by atoms with van der Waals surface area (Å²) in [5.74, 6) is -0.0860. The van der Waals surface area contributed by atoms with Crippen LogP contribution in [0.1, 0.15) is 23.0 Å². The number of anilines is 2. The number of carbonyl (C=O) groups excluding carboxylic acids is 2. The number of amides is 2. The average Bonchev–Trinajstić information content (AvgIpc) is 3.18. The molecule has 0 aliphatic carbocycles. The second kappa shape index (κ2) is 9.66. The molecule has 1 heterocycles. The number of ether oxygens (including phenoxy) is 1. The fourth-order valence-corrected chi connectivity index (χ4v) is 3.22. The molecule has 0 aliphatic heterocycles. The first-order valence-corrected chi connectivity index (χ1v) is 10.2. The number of fused-ring (bicyclic) bond motifs is 1. The van der Waals surface area contributed by atoms with Gasteiger partial charge in [-0.25, -0.2) is 0 Å². The topological polar surface area (TPSA) is 80.6 Å². The summed E-state index contributed by atoms with van der Waals surface area (Å²) in [7, 11) is 0. The summed E-state index contributed by atoms with van der Waals surface area (Å²) < 4.78 is 11.2. The Labute approximate surface area is 185 Å². The van der Waals surface area contributed by atoms with Gasteiger partial charge in [-0.3, -0.25) is 9.59 Å². The SMILES string of the molecule is CCOc1ccc(NC(=O)c2oc3ccccc3c2NC(=O)/C=C/c2ccccc2)cc1. The Balaban J connectivity index is 1.57. The molecule has 3 aromatic carbocycles. The zero-order valence-corrected chi connectivity index (χ0v) is 17.5. The standard InChI is InChI=1S/C26H22N2O4/c1-2-31-20-15-13-19(14-16-20)27-26(30)25-24(21-10-6-7-11-22(21)32-25)28-23(29)17-12-18-8-4-3-5-9-18/h3-17H,2H2,1H3,(H,27,30)(H,28,29)/b17-12+. The predicted octanol–water partition coefficient (Wildman–Crippen LogP) is 5.74. The highest BCUT2D eigenvalue weighted by Crippen LogP contribution is 2.31. The summed E-state index contributed by atoms with van der Waals surface area (Å²) >= 11 is 0. The molecule has 6 heteroatoms. The summed E-state index contributed by atoms with van der Waals surface area (Å²) in [6, 6.07) is 23.7. The smallest absolute Gasteiger partial charge is 0.293 e. The Morgan fingerprint density at radius 2 is 1.62 bits per heavy atom. The molecule has 1 aromatic heterocycles. The molecule has 0 bridgehead atoms. The third kappa shape index (κ3) is 4.87. The highest BCUT2D eigenvalue weighted by Gasteiger charge is 2.22. The maximum atomic E-state index is 13.0. The van der Waals surface area contributed by atoms with Crippen molar-refractivity contribution in [2.45, 2.75) is 6.92 Å². The summed E-state index contributed by atoms with van der Waals surface area (Å²) in [6.45, 7) is 2.47. The lowest BCUT2D eigenvalue weighted by molar-refractivity contribution is -0.111. The van der Waals surface area contributed by atoms with Crippen LogP contribution in [0.25, 0.3) is 17.0 Å². The summed E-state index contributed by atoms with van der Waals surface area (Å²) in [5.41, 5.74) is 2.31. The summed E-state index contributed by atoms with van der Waals surface area (Å²) in [4.78, 5) is 25.5. The second-order valence-corrected chi connectivity index (χ2v) is 6.95. The molecule has 0 saturated carbocycles. The number of benzene rings is 3. The van der Waals surface area contributed by atoms with E-state index in [0.717, 1.165) is 5.56 Å². The van der Waals surface area contributed by atoms with E-state index in [0.29, 0.717) is 34.7 Å². The van der Waals surface area contributed by atoms with Crippen LogP contribution in [0.15, 0.2) is 89.4 Å². The predicted molar refractivity (Wildman–Crippen MR) is 126 cm³/mol. The van der Waals surface area contributed by atoms with Crippen LogP contribution in [0.2, 0.25) is 0 Å². The van der Waals surface area contributed by atoms with E-state index < -0.39 is 5.91 Å². The quantitative estimate of drug-likeness (QED) is 0.370. The van der Waals surface area contributed by atoms with E-state index in [1.807, 2.05) is 43.3 Å². The van der Waals surface area contributed by atoms with Gasteiger partial charge in [0, 0.05) is 17.1 Å². The number of nitrogens with one attached hydrogen (secondary N) is 2. The van der Waals surface area contributed by atoms with Crippen LogP contribution >= 0.6 is 0 Å². The van der Waals surface area contributed by atoms with Crippen molar-refractivity contribution in [2.75, 3.05) is 17.2 Å². The van der Waals surface area contributed by atoms with Crippen LogP contribution in [0.4, 0.5) is 11.4 Å². The molecule has 160 valence electrons. The van der Waals surface area contributed by atoms with Crippen LogP contribution in [0, 0.1) is 0 Å². The van der Waals surface area contributed by atoms with Crippen molar-refractivity contribution < 1.29 is 18.7 Å². The Kier molecular flexibility index (Phi) is 6.32. The van der Waals surface area contributed by atoms with Crippen molar-refractivity contribution in [2.24, 2.45) is 0 Å². The van der Waals surface area contributed by atoms with Gasteiger partial charge >= 0.3 is 0 Å². The molecular formula is C26H22N2O4. The van der Waals surface area contributed by atoms with Gasteiger partial charge in [0.15, 0.2) is 0 Å². The maximum absolute atomic E-state index is 13.0. The first-order valence-electron chi connectivity index (χ1n) is 10.2. The van der Waals surface area contributed by atoms with E-state index in [1.54, 1.807) is 48.5 Å². The lowest BCUT2D eigenvalue weighted by Gasteiger charge is -2.07. The molecule has 4 rings (SSSR count). The zero-order chi connectivity index (χ0) is 22.3. The molecule has 2 N–H and O–H groups in total. The minimum absolute atomic E-state index is 0.0292. The molecule has 0 atom stereocenters. The molecule has 4 aromatic rings. The number of carbonyl (C=O) groups is 2. The number of para-hydroxylation sites is 1. The van der Waals surface area contributed by atoms with Gasteiger partial charge in [0.2, 0.25) is 11.7 Å². The van der Waals surface area contributed by atoms with Crippen LogP contribution < -0.4 is 15.4 Å². The van der Waals surface area contributed by atoms with E-state index in [-0.39, 0.29) is 11.7 Å². The third-order valence-corrected chi connectivity index (χ3v) is 4.70. The highest BCUT2D eigenvalue weighted by atomic mass is 16.5. The molecule has 0 unspecified atom stereocenters. The number of hydrogen-bond acceptors (Lipinski definition) is 4. The van der Waals surface area contributed by atoms with Crippen molar-refractivity contribution in [1.29, 1.82) is 0 Å². The fraction of sp³-hybridized carbons (Fsp3) is 0.0769. The average molecular weight is 426 g/mol. The van der Waals surface area contributed by atoms with Gasteiger partial charge in [0.25, 0.3) is 5.91 Å². The van der Waals surface area contributed by atoms with Gasteiger partial charge in [-0.1, -0.05) is 42.5 Å². The van der Waals surface area contributed by atoms with Crippen LogP contribution in [0.5, 0.6) is 5.75 Å². The first-order chi connectivity index (χ1) is 15.6. The fourth-order valence-electron chi connectivity index (χ4n) is 3.22. The molecule has 2 amide bonds. The normalized spacial score (nSPS) is 10.9. The van der Waals surface area contributed by atoms with Crippen LogP contribution in [-0.2, 0) is 4.79 Å². The Morgan fingerprint density at radius 1 is 0.906 bits per heavy atom. The summed E-state index contributed by atoms with van der Waals surface area (Å²) in [5, 5.41) is 6.24. The molecule has 0 fully saturated rings. The number of hydrogen-bond donors (Lipinski definition) is 2. The van der Waals surface area contributed by atoms with Crippen molar-refractivity contribution >= 4 is 40.2 Å². The van der Waals surface area contributed by atoms with Crippen molar-refractivity contribution in [3.63, 3.8) is 0 Å². The zero-order valence-electron chi connectivity index (χ0n) is 17.5. The Morgan fingerprint density at radius 3 is 2.38 bits per heavy atom. The molecule has 0 aliphatic rings. The van der Waals surface area contributed by atoms with E-state index >= 15 is 0 Å². The molecular weight excluding hydrogens is 404 g/mol. The highest BCUT2D eigenvalue weighted by molar-refractivity contribution is 6.16. The molecule has 0 spiro atoms. The molecule has 0 radical (unpaired) electrons. The monoisotopic (exact) mass is 426 g/mol. The van der Waals surface area contributed by atoms with E-state index in [9.17, 15) is 9.59 Å². The molecule has 32 heavy (non-hydrogen) atoms. The van der Waals surface area contributed by atoms with E-state index in [4.69, 9.17) is 9.15 Å². The Bertz CT molecular complexity index is 1260. The lowest BCUT2D eigenvalue weighted by atomic mass is 10.2. The minimum Gasteiger partial charge on any atom is -0.494 e. The lowest BCUT2D eigenvalue weighted by Crippen LogP contribution is -2.15. The van der Waals surface area contributed by atoms with Gasteiger partial charge in [0.1, 0.15) is 17.0 Å². The maximum Gasteiger partial charge on any atom is 0.293 e.